The molecule has 1 aliphatic rings. The number of thioether (sulfide) groups is 1. The minimum Gasteiger partial charge on any atom is -0.489 e. The SMILES string of the molecule is CC[C@H](C)Oc1ccc(/C=C2\SC(=O)N(C)C2=O)cc1Cl. The Hall–Kier alpha value is -1.46. The molecule has 0 saturated carbocycles. The normalized spacial score (nSPS) is 18.5. The number of likely N-dealkylation sites (N-methyl/N-ethyl adjacent to an activating group) is 1. The van der Waals surface area contributed by atoms with E-state index in [2.05, 4.69) is 0 Å². The molecule has 0 spiro atoms. The van der Waals surface area contributed by atoms with Gasteiger partial charge < -0.3 is 4.74 Å². The average Bonchev–Trinajstić information content (AvgIpc) is 2.69. The van der Waals surface area contributed by atoms with Crippen LogP contribution in [0, 0.1) is 0 Å². The second-order valence-corrected chi connectivity index (χ2v) is 6.17. The van der Waals surface area contributed by atoms with E-state index in [9.17, 15) is 9.59 Å². The van der Waals surface area contributed by atoms with Gasteiger partial charge in [0.1, 0.15) is 5.75 Å². The number of hydrogen-bond donors (Lipinski definition) is 0. The minimum absolute atomic E-state index is 0.0879. The van der Waals surface area contributed by atoms with Crippen LogP contribution < -0.4 is 4.74 Å². The van der Waals surface area contributed by atoms with E-state index in [1.807, 2.05) is 19.9 Å². The molecule has 0 aliphatic carbocycles. The molecular formula is C15H16ClNO3S. The Morgan fingerprint density at radius 2 is 2.14 bits per heavy atom. The summed E-state index contributed by atoms with van der Waals surface area (Å²) >= 11 is 7.11. The Morgan fingerprint density at radius 3 is 2.67 bits per heavy atom. The molecule has 0 N–H and O–H groups in total. The van der Waals surface area contributed by atoms with Gasteiger partial charge in [0.15, 0.2) is 0 Å². The predicted molar refractivity (Wildman–Crippen MR) is 85.6 cm³/mol. The van der Waals surface area contributed by atoms with Crippen molar-refractivity contribution in [3.63, 3.8) is 0 Å². The molecule has 1 heterocycles. The fourth-order valence-electron chi connectivity index (χ4n) is 1.70. The number of nitrogens with zero attached hydrogens (tertiary/aromatic N) is 1. The first-order valence-corrected chi connectivity index (χ1v) is 7.79. The topological polar surface area (TPSA) is 46.6 Å². The highest BCUT2D eigenvalue weighted by Gasteiger charge is 2.31. The number of benzene rings is 1. The van der Waals surface area contributed by atoms with Gasteiger partial charge >= 0.3 is 0 Å². The molecule has 1 atom stereocenters. The van der Waals surface area contributed by atoms with Crippen molar-refractivity contribution in [1.82, 2.24) is 4.90 Å². The van der Waals surface area contributed by atoms with Gasteiger partial charge in [-0.1, -0.05) is 24.6 Å². The lowest BCUT2D eigenvalue weighted by Crippen LogP contribution is -2.22. The van der Waals surface area contributed by atoms with Crippen LogP contribution in [0.2, 0.25) is 5.02 Å². The smallest absolute Gasteiger partial charge is 0.293 e. The van der Waals surface area contributed by atoms with Crippen LogP contribution in [0.3, 0.4) is 0 Å². The lowest BCUT2D eigenvalue weighted by atomic mass is 10.2. The van der Waals surface area contributed by atoms with Crippen LogP contribution in [0.5, 0.6) is 5.75 Å². The quantitative estimate of drug-likeness (QED) is 0.779. The third-order valence-electron chi connectivity index (χ3n) is 3.14. The molecule has 1 aliphatic heterocycles. The van der Waals surface area contributed by atoms with Gasteiger partial charge in [-0.15, -0.1) is 0 Å². The molecule has 2 rings (SSSR count). The van der Waals surface area contributed by atoms with Crippen LogP contribution in [0.4, 0.5) is 4.79 Å². The number of imide groups is 1. The summed E-state index contributed by atoms with van der Waals surface area (Å²) in [5.41, 5.74) is 0.760. The summed E-state index contributed by atoms with van der Waals surface area (Å²) in [5, 5.41) is 0.217. The van der Waals surface area contributed by atoms with Crippen molar-refractivity contribution in [1.29, 1.82) is 0 Å². The van der Waals surface area contributed by atoms with E-state index in [1.165, 1.54) is 7.05 Å². The third-order valence-corrected chi connectivity index (χ3v) is 4.40. The van der Waals surface area contributed by atoms with Gasteiger partial charge in [0.2, 0.25) is 0 Å². The molecule has 0 bridgehead atoms. The van der Waals surface area contributed by atoms with Crippen molar-refractivity contribution < 1.29 is 14.3 Å². The molecule has 1 fully saturated rings. The van der Waals surface area contributed by atoms with Crippen molar-refractivity contribution in [2.75, 3.05) is 7.05 Å². The first kappa shape index (κ1) is 15.9. The zero-order chi connectivity index (χ0) is 15.6. The van der Waals surface area contributed by atoms with Gasteiger partial charge in [0.05, 0.1) is 16.0 Å². The van der Waals surface area contributed by atoms with Gasteiger partial charge in [-0.05, 0) is 48.9 Å². The predicted octanol–water partition coefficient (Wildman–Crippen LogP) is 4.18. The fraction of sp³-hybridized carbons (Fsp3) is 0.333. The maximum Gasteiger partial charge on any atom is 0.293 e. The van der Waals surface area contributed by atoms with Crippen LogP contribution in [0.15, 0.2) is 23.1 Å². The lowest BCUT2D eigenvalue weighted by Gasteiger charge is -2.14. The van der Waals surface area contributed by atoms with E-state index in [1.54, 1.807) is 18.2 Å². The van der Waals surface area contributed by atoms with Gasteiger partial charge in [-0.2, -0.15) is 0 Å². The Bertz CT molecular complexity index is 615. The summed E-state index contributed by atoms with van der Waals surface area (Å²) in [6.07, 6.45) is 2.64. The van der Waals surface area contributed by atoms with E-state index < -0.39 is 0 Å². The van der Waals surface area contributed by atoms with E-state index in [0.29, 0.717) is 15.7 Å². The summed E-state index contributed by atoms with van der Waals surface area (Å²) in [7, 11) is 1.47. The number of ether oxygens (including phenoxy) is 1. The summed E-state index contributed by atoms with van der Waals surface area (Å²) in [4.78, 5) is 24.7. The molecule has 0 radical (unpaired) electrons. The number of halogens is 1. The summed E-state index contributed by atoms with van der Waals surface area (Å²) in [6.45, 7) is 4.01. The molecule has 2 amide bonds. The highest BCUT2D eigenvalue weighted by Crippen LogP contribution is 2.33. The van der Waals surface area contributed by atoms with Crippen molar-refractivity contribution in [3.8, 4) is 5.75 Å². The number of hydrogen-bond acceptors (Lipinski definition) is 4. The van der Waals surface area contributed by atoms with Crippen molar-refractivity contribution >= 4 is 40.6 Å². The molecule has 21 heavy (non-hydrogen) atoms. The minimum atomic E-state index is -0.291. The maximum atomic E-state index is 11.8. The monoisotopic (exact) mass is 325 g/mol. The van der Waals surface area contributed by atoms with Crippen LogP contribution >= 0.6 is 23.4 Å². The zero-order valence-corrected chi connectivity index (χ0v) is 13.6. The molecule has 1 aromatic rings. The van der Waals surface area contributed by atoms with Crippen molar-refractivity contribution in [2.24, 2.45) is 0 Å². The van der Waals surface area contributed by atoms with Gasteiger partial charge in [-0.3, -0.25) is 14.5 Å². The van der Waals surface area contributed by atoms with Crippen LogP contribution in [0.1, 0.15) is 25.8 Å². The van der Waals surface area contributed by atoms with Gasteiger partial charge in [-0.25, -0.2) is 0 Å². The molecule has 0 aromatic heterocycles. The number of amides is 2. The number of carbonyl (C=O) groups is 2. The number of rotatable bonds is 4. The second kappa shape index (κ2) is 6.54. The van der Waals surface area contributed by atoms with Crippen LogP contribution in [-0.2, 0) is 4.79 Å². The van der Waals surface area contributed by atoms with E-state index in [4.69, 9.17) is 16.3 Å². The van der Waals surface area contributed by atoms with Gasteiger partial charge in [0.25, 0.3) is 11.1 Å². The van der Waals surface area contributed by atoms with Crippen LogP contribution in [-0.4, -0.2) is 29.2 Å². The molecular weight excluding hydrogens is 310 g/mol. The molecule has 1 aromatic carbocycles. The third kappa shape index (κ3) is 3.60. The zero-order valence-electron chi connectivity index (χ0n) is 12.1. The van der Waals surface area contributed by atoms with E-state index >= 15 is 0 Å². The molecule has 1 saturated heterocycles. The Balaban J connectivity index is 2.21. The highest BCUT2D eigenvalue weighted by atomic mass is 35.5. The average molecular weight is 326 g/mol. The molecule has 112 valence electrons. The first-order valence-electron chi connectivity index (χ1n) is 6.60. The Labute approximate surface area is 133 Å². The standard InChI is InChI=1S/C15H16ClNO3S/c1-4-9(2)20-12-6-5-10(7-11(12)16)8-13-14(18)17(3)15(19)21-13/h5-9H,4H2,1-3H3/b13-8-/t9-/m0/s1. The largest absolute Gasteiger partial charge is 0.489 e. The Morgan fingerprint density at radius 1 is 1.43 bits per heavy atom. The van der Waals surface area contributed by atoms with E-state index in [0.717, 1.165) is 28.6 Å². The molecule has 4 nitrogen and oxygen atoms in total. The first-order chi connectivity index (χ1) is 9.92. The van der Waals surface area contributed by atoms with Gasteiger partial charge in [0, 0.05) is 7.05 Å². The Kier molecular flexibility index (Phi) is 4.96. The fourth-order valence-corrected chi connectivity index (χ4v) is 2.76. The number of carbonyl (C=O) groups excluding carboxylic acids is 2. The van der Waals surface area contributed by atoms with Crippen molar-refractivity contribution in [2.45, 2.75) is 26.4 Å². The van der Waals surface area contributed by atoms with E-state index in [-0.39, 0.29) is 17.3 Å². The molecule has 6 heteroatoms. The van der Waals surface area contributed by atoms with Crippen molar-refractivity contribution in [3.05, 3.63) is 33.7 Å². The lowest BCUT2D eigenvalue weighted by molar-refractivity contribution is -0.121. The highest BCUT2D eigenvalue weighted by molar-refractivity contribution is 8.18. The summed E-state index contributed by atoms with van der Waals surface area (Å²) < 4.78 is 5.69. The summed E-state index contributed by atoms with van der Waals surface area (Å²) in [5.74, 6) is 0.327. The maximum absolute atomic E-state index is 11.8. The second-order valence-electron chi connectivity index (χ2n) is 4.77. The summed E-state index contributed by atoms with van der Waals surface area (Å²) in [6, 6.07) is 5.31. The van der Waals surface area contributed by atoms with Crippen LogP contribution in [0.25, 0.3) is 6.08 Å². The molecule has 0 unspecified atom stereocenters.